The lowest BCUT2D eigenvalue weighted by atomic mass is 10.1. The zero-order valence-corrected chi connectivity index (χ0v) is 8.75. The van der Waals surface area contributed by atoms with E-state index in [1.165, 1.54) is 6.33 Å². The van der Waals surface area contributed by atoms with Crippen molar-refractivity contribution < 1.29 is 0 Å². The number of hydrogen-bond donors (Lipinski definition) is 1. The maximum absolute atomic E-state index is 8.72. The number of fused-ring (bicyclic) bond motifs is 1. The molecular weight excluding hydrogens is 214 g/mol. The Bertz CT molecular complexity index is 673. The summed E-state index contributed by atoms with van der Waals surface area (Å²) >= 11 is 0. The third kappa shape index (κ3) is 1.62. The van der Waals surface area contributed by atoms with E-state index >= 15 is 0 Å². The molecule has 0 bridgehead atoms. The zero-order chi connectivity index (χ0) is 11.7. The average molecular weight is 221 g/mol. The second-order valence-electron chi connectivity index (χ2n) is 3.53. The fourth-order valence-electron chi connectivity index (χ4n) is 1.60. The Morgan fingerprint density at radius 1 is 1.18 bits per heavy atom. The van der Waals surface area contributed by atoms with E-state index in [1.807, 2.05) is 12.1 Å². The number of imidazole rings is 1. The van der Waals surface area contributed by atoms with Gasteiger partial charge in [-0.2, -0.15) is 5.26 Å². The molecular formula is C12H7N5. The van der Waals surface area contributed by atoms with Gasteiger partial charge in [0.2, 0.25) is 0 Å². The fraction of sp³-hybridized carbons (Fsp3) is 0. The highest BCUT2D eigenvalue weighted by Crippen LogP contribution is 2.18. The molecule has 17 heavy (non-hydrogen) atoms. The molecule has 2 heterocycles. The van der Waals surface area contributed by atoms with Crippen LogP contribution in [0, 0.1) is 11.3 Å². The van der Waals surface area contributed by atoms with Crippen molar-refractivity contribution in [3.05, 3.63) is 42.4 Å². The van der Waals surface area contributed by atoms with E-state index < -0.39 is 0 Å². The van der Waals surface area contributed by atoms with Crippen LogP contribution in [0.3, 0.4) is 0 Å². The molecule has 0 saturated carbocycles. The summed E-state index contributed by atoms with van der Waals surface area (Å²) in [7, 11) is 0. The molecule has 3 aromatic rings. The Morgan fingerprint density at radius 2 is 2.00 bits per heavy atom. The van der Waals surface area contributed by atoms with E-state index in [0.717, 1.165) is 16.9 Å². The van der Waals surface area contributed by atoms with Crippen LogP contribution in [0.5, 0.6) is 0 Å². The number of hydrogen-bond acceptors (Lipinski definition) is 4. The van der Waals surface area contributed by atoms with Crippen LogP contribution in [0.4, 0.5) is 0 Å². The summed E-state index contributed by atoms with van der Waals surface area (Å²) in [4.78, 5) is 15.5. The van der Waals surface area contributed by atoms with Gasteiger partial charge in [0.15, 0.2) is 5.65 Å². The summed E-state index contributed by atoms with van der Waals surface area (Å²) in [6, 6.07) is 9.30. The van der Waals surface area contributed by atoms with E-state index in [2.05, 4.69) is 26.0 Å². The van der Waals surface area contributed by atoms with Crippen molar-refractivity contribution in [1.29, 1.82) is 5.26 Å². The van der Waals surface area contributed by atoms with Crippen molar-refractivity contribution in [2.45, 2.75) is 0 Å². The topological polar surface area (TPSA) is 78.2 Å². The molecule has 1 aromatic carbocycles. The molecule has 0 aliphatic carbocycles. The van der Waals surface area contributed by atoms with Crippen LogP contribution in [0.25, 0.3) is 22.6 Å². The smallest absolute Gasteiger partial charge is 0.181 e. The first-order valence-electron chi connectivity index (χ1n) is 5.03. The maximum atomic E-state index is 8.72. The van der Waals surface area contributed by atoms with Crippen LogP contribution >= 0.6 is 0 Å². The Balaban J connectivity index is 2.11. The van der Waals surface area contributed by atoms with Crippen molar-refractivity contribution in [1.82, 2.24) is 19.9 Å². The van der Waals surface area contributed by atoms with Crippen LogP contribution in [-0.4, -0.2) is 19.9 Å². The molecule has 1 N–H and O–H groups in total. The number of aromatic nitrogens is 4. The summed E-state index contributed by atoms with van der Waals surface area (Å²) in [6.45, 7) is 0. The van der Waals surface area contributed by atoms with Crippen LogP contribution < -0.4 is 0 Å². The first kappa shape index (κ1) is 9.48. The molecule has 0 aliphatic rings. The van der Waals surface area contributed by atoms with E-state index in [4.69, 9.17) is 5.26 Å². The molecule has 80 valence electrons. The molecule has 3 rings (SSSR count). The Morgan fingerprint density at radius 3 is 2.71 bits per heavy atom. The molecule has 2 aromatic heterocycles. The number of benzene rings is 1. The number of rotatable bonds is 1. The first-order valence-corrected chi connectivity index (χ1v) is 5.03. The van der Waals surface area contributed by atoms with Crippen LogP contribution in [-0.2, 0) is 0 Å². The Hall–Kier alpha value is -2.74. The average Bonchev–Trinajstić information content (AvgIpc) is 2.82. The molecule has 0 atom stereocenters. The summed E-state index contributed by atoms with van der Waals surface area (Å²) in [6.07, 6.45) is 3.15. The molecule has 0 fully saturated rings. The van der Waals surface area contributed by atoms with Gasteiger partial charge in [0.05, 0.1) is 17.8 Å². The zero-order valence-electron chi connectivity index (χ0n) is 8.75. The van der Waals surface area contributed by atoms with E-state index in [9.17, 15) is 0 Å². The quantitative estimate of drug-likeness (QED) is 0.680. The van der Waals surface area contributed by atoms with Gasteiger partial charge in [0.1, 0.15) is 17.7 Å². The highest BCUT2D eigenvalue weighted by Gasteiger charge is 2.05. The molecule has 0 aliphatic heterocycles. The van der Waals surface area contributed by atoms with Crippen molar-refractivity contribution in [3.8, 4) is 17.5 Å². The first-order chi connectivity index (χ1) is 8.36. The van der Waals surface area contributed by atoms with Gasteiger partial charge >= 0.3 is 0 Å². The van der Waals surface area contributed by atoms with Crippen molar-refractivity contribution >= 4 is 11.2 Å². The van der Waals surface area contributed by atoms with Gasteiger partial charge in [-0.15, -0.1) is 0 Å². The summed E-state index contributed by atoms with van der Waals surface area (Å²) < 4.78 is 0. The van der Waals surface area contributed by atoms with Gasteiger partial charge in [0.25, 0.3) is 0 Å². The van der Waals surface area contributed by atoms with Gasteiger partial charge in [-0.3, -0.25) is 0 Å². The van der Waals surface area contributed by atoms with Gasteiger partial charge in [-0.25, -0.2) is 15.0 Å². The number of nitriles is 1. The predicted octanol–water partition coefficient (Wildman–Crippen LogP) is 1.89. The molecule has 0 radical (unpaired) electrons. The lowest BCUT2D eigenvalue weighted by Crippen LogP contribution is -1.81. The molecule has 0 amide bonds. The Labute approximate surface area is 96.8 Å². The number of nitrogens with zero attached hydrogens (tertiary/aromatic N) is 4. The third-order valence-corrected chi connectivity index (χ3v) is 2.45. The minimum Gasteiger partial charge on any atom is -0.335 e. The largest absolute Gasteiger partial charge is 0.335 e. The molecule has 0 spiro atoms. The highest BCUT2D eigenvalue weighted by molar-refractivity contribution is 5.74. The van der Waals surface area contributed by atoms with Crippen molar-refractivity contribution in [2.75, 3.05) is 0 Å². The summed E-state index contributed by atoms with van der Waals surface area (Å²) in [5.74, 6) is 0.727. The normalized spacial score (nSPS) is 10.3. The Kier molecular flexibility index (Phi) is 2.06. The van der Waals surface area contributed by atoms with E-state index in [0.29, 0.717) is 11.2 Å². The monoisotopic (exact) mass is 221 g/mol. The predicted molar refractivity (Wildman–Crippen MR) is 61.8 cm³/mol. The van der Waals surface area contributed by atoms with Crippen LogP contribution in [0.1, 0.15) is 5.56 Å². The van der Waals surface area contributed by atoms with Crippen LogP contribution in [0.2, 0.25) is 0 Å². The number of H-pyrrole nitrogens is 1. The third-order valence-electron chi connectivity index (χ3n) is 2.45. The molecule has 0 saturated heterocycles. The minimum atomic E-state index is 0.629. The van der Waals surface area contributed by atoms with E-state index in [1.54, 1.807) is 18.3 Å². The maximum Gasteiger partial charge on any atom is 0.181 e. The molecule has 5 heteroatoms. The van der Waals surface area contributed by atoms with Gasteiger partial charge in [-0.05, 0) is 24.3 Å². The lowest BCUT2D eigenvalue weighted by molar-refractivity contribution is 1.20. The number of nitrogens with one attached hydrogen (secondary N) is 1. The molecule has 0 unspecified atom stereocenters. The SMILES string of the molecule is N#Cc1ccc(-c2nc3ncncc3[nH]2)cc1. The minimum absolute atomic E-state index is 0.629. The van der Waals surface area contributed by atoms with Crippen molar-refractivity contribution in [3.63, 3.8) is 0 Å². The van der Waals surface area contributed by atoms with Gasteiger partial charge in [0, 0.05) is 5.56 Å². The highest BCUT2D eigenvalue weighted by atomic mass is 15.0. The van der Waals surface area contributed by atoms with E-state index in [-0.39, 0.29) is 0 Å². The second kappa shape index (κ2) is 3.68. The van der Waals surface area contributed by atoms with Crippen LogP contribution in [0.15, 0.2) is 36.8 Å². The lowest BCUT2D eigenvalue weighted by Gasteiger charge is -1.95. The standard InChI is InChI=1S/C12H7N5/c13-5-8-1-3-9(4-2-8)11-16-10-6-14-7-15-12(10)17-11/h1-4,6-7H,(H,14,15,16,17). The van der Waals surface area contributed by atoms with Gasteiger partial charge in [-0.1, -0.05) is 0 Å². The van der Waals surface area contributed by atoms with Crippen molar-refractivity contribution in [2.24, 2.45) is 0 Å². The second-order valence-corrected chi connectivity index (χ2v) is 3.53. The summed E-state index contributed by atoms with van der Waals surface area (Å²) in [5.41, 5.74) is 2.98. The van der Waals surface area contributed by atoms with Gasteiger partial charge < -0.3 is 4.98 Å². The fourth-order valence-corrected chi connectivity index (χ4v) is 1.60. The molecule has 5 nitrogen and oxygen atoms in total. The summed E-state index contributed by atoms with van der Waals surface area (Å²) in [5, 5.41) is 8.72. The number of aromatic amines is 1.